The fourth-order valence-electron chi connectivity index (χ4n) is 5.98. The number of hydrogen-bond donors (Lipinski definition) is 6. The summed E-state index contributed by atoms with van der Waals surface area (Å²) in [4.78, 5) is 54.8. The van der Waals surface area contributed by atoms with E-state index < -0.39 is 61.9 Å². The van der Waals surface area contributed by atoms with Crippen molar-refractivity contribution in [3.8, 4) is 5.75 Å². The fourth-order valence-corrected chi connectivity index (χ4v) is 5.98. The maximum atomic E-state index is 12.7. The minimum absolute atomic E-state index is 0.00549. The van der Waals surface area contributed by atoms with E-state index in [1.165, 1.54) is 9.80 Å². The zero-order valence-electron chi connectivity index (χ0n) is 29.5. The van der Waals surface area contributed by atoms with E-state index in [4.69, 9.17) is 14.2 Å². The summed E-state index contributed by atoms with van der Waals surface area (Å²) >= 11 is 0. The Labute approximate surface area is 298 Å². The molecule has 1 heterocycles. The highest BCUT2D eigenvalue weighted by molar-refractivity contribution is 5.74. The molecule has 6 N–H and O–H groups in total. The van der Waals surface area contributed by atoms with Gasteiger partial charge in [0, 0.05) is 59.0 Å². The predicted octanol–water partition coefficient (Wildman–Crippen LogP) is -1.43. The molecule has 0 aliphatic carbocycles. The molecule has 4 unspecified atom stereocenters. The first-order valence-corrected chi connectivity index (χ1v) is 17.4. The van der Waals surface area contributed by atoms with Crippen LogP contribution in [0, 0.1) is 0 Å². The van der Waals surface area contributed by atoms with Crippen LogP contribution in [-0.2, 0) is 35.1 Å². The fraction of sp³-hybridized carbons (Fsp3) is 0.706. The van der Waals surface area contributed by atoms with Gasteiger partial charge in [-0.05, 0) is 43.9 Å². The van der Waals surface area contributed by atoms with Crippen molar-refractivity contribution in [1.29, 1.82) is 0 Å². The third-order valence-electron chi connectivity index (χ3n) is 8.97. The number of aliphatic carboxylic acids is 3. The van der Waals surface area contributed by atoms with Gasteiger partial charge >= 0.3 is 17.9 Å². The van der Waals surface area contributed by atoms with E-state index in [1.807, 2.05) is 31.2 Å². The Bertz CT molecular complexity index is 1160. The number of carbonyl (C=O) groups is 4. The van der Waals surface area contributed by atoms with Crippen LogP contribution >= 0.6 is 0 Å². The first-order valence-electron chi connectivity index (χ1n) is 17.4. The number of aryl methyl sites for hydroxylation is 1. The zero-order chi connectivity index (χ0) is 37.6. The van der Waals surface area contributed by atoms with Crippen LogP contribution in [0.25, 0.3) is 0 Å². The van der Waals surface area contributed by atoms with Gasteiger partial charge in [0.15, 0.2) is 0 Å². The summed E-state index contributed by atoms with van der Waals surface area (Å²) in [5, 5.41) is 59.6. The van der Waals surface area contributed by atoms with Crippen molar-refractivity contribution >= 4 is 24.2 Å². The molecule has 0 bridgehead atoms. The van der Waals surface area contributed by atoms with E-state index >= 15 is 0 Å². The van der Waals surface area contributed by atoms with E-state index in [0.717, 1.165) is 5.56 Å². The van der Waals surface area contributed by atoms with E-state index in [0.29, 0.717) is 57.9 Å². The number of aldehydes is 1. The largest absolute Gasteiger partial charge is 0.491 e. The Kier molecular flexibility index (Phi) is 21.4. The van der Waals surface area contributed by atoms with Gasteiger partial charge in [0.1, 0.15) is 36.8 Å². The lowest BCUT2D eigenvalue weighted by molar-refractivity contribution is -0.148. The van der Waals surface area contributed by atoms with Crippen molar-refractivity contribution in [3.63, 3.8) is 0 Å². The van der Waals surface area contributed by atoms with Gasteiger partial charge in [0.2, 0.25) is 0 Å². The zero-order valence-corrected chi connectivity index (χ0v) is 29.5. The average molecular weight is 729 g/mol. The Morgan fingerprint density at radius 3 is 1.55 bits per heavy atom. The van der Waals surface area contributed by atoms with Gasteiger partial charge in [0.25, 0.3) is 0 Å². The van der Waals surface area contributed by atoms with E-state index in [-0.39, 0.29) is 58.8 Å². The van der Waals surface area contributed by atoms with Gasteiger partial charge in [-0.3, -0.25) is 34.0 Å². The summed E-state index contributed by atoms with van der Waals surface area (Å²) in [5.74, 6) is -2.97. The maximum absolute atomic E-state index is 12.7. The number of carboxylic acid groups (broad SMARTS) is 3. The molecule has 0 spiro atoms. The van der Waals surface area contributed by atoms with Crippen molar-refractivity contribution in [2.24, 2.45) is 0 Å². The number of benzene rings is 1. The number of nitrogens with zero attached hydrogens (tertiary/aromatic N) is 4. The lowest BCUT2D eigenvalue weighted by atomic mass is 10.0. The molecular weight excluding hydrogens is 672 g/mol. The second-order valence-corrected chi connectivity index (χ2v) is 12.2. The van der Waals surface area contributed by atoms with Crippen molar-refractivity contribution in [1.82, 2.24) is 19.6 Å². The lowest BCUT2D eigenvalue weighted by Gasteiger charge is -2.39. The molecule has 17 nitrogen and oxygen atoms in total. The normalized spacial score (nSPS) is 18.5. The van der Waals surface area contributed by atoms with Crippen LogP contribution in [0.15, 0.2) is 24.3 Å². The van der Waals surface area contributed by atoms with Crippen LogP contribution in [-0.4, -0.2) is 204 Å². The third kappa shape index (κ3) is 15.5. The van der Waals surface area contributed by atoms with Crippen molar-refractivity contribution < 1.29 is 64.0 Å². The molecule has 4 atom stereocenters. The highest BCUT2D eigenvalue weighted by Crippen LogP contribution is 2.17. The summed E-state index contributed by atoms with van der Waals surface area (Å²) in [6.45, 7) is 2.96. The van der Waals surface area contributed by atoms with E-state index in [9.17, 15) is 49.8 Å². The van der Waals surface area contributed by atoms with Gasteiger partial charge in [-0.15, -0.1) is 0 Å². The van der Waals surface area contributed by atoms with Crippen LogP contribution in [0.5, 0.6) is 5.75 Å². The molecular formula is C34H56N4O13. The number of aliphatic hydroxyl groups is 3. The van der Waals surface area contributed by atoms with Crippen LogP contribution in [0.3, 0.4) is 0 Å². The number of carboxylic acids is 3. The molecule has 1 saturated heterocycles. The topological polar surface area (TPSA) is 230 Å². The van der Waals surface area contributed by atoms with Crippen LogP contribution in [0.4, 0.5) is 0 Å². The minimum Gasteiger partial charge on any atom is -0.491 e. The molecule has 290 valence electrons. The molecule has 1 aromatic rings. The number of rotatable bonds is 23. The number of ether oxygens (including phenoxy) is 3. The minimum atomic E-state index is -1.33. The highest BCUT2D eigenvalue weighted by Gasteiger charge is 2.33. The Balaban J connectivity index is 2.19. The molecule has 0 amide bonds. The van der Waals surface area contributed by atoms with Crippen LogP contribution < -0.4 is 4.74 Å². The molecule has 1 aliphatic rings. The molecule has 1 fully saturated rings. The second-order valence-electron chi connectivity index (χ2n) is 12.2. The maximum Gasteiger partial charge on any atom is 0.323 e. The van der Waals surface area contributed by atoms with Crippen LogP contribution in [0.1, 0.15) is 25.3 Å². The van der Waals surface area contributed by atoms with Crippen molar-refractivity contribution in [2.45, 2.75) is 50.4 Å². The molecule has 51 heavy (non-hydrogen) atoms. The average Bonchev–Trinajstić information content (AvgIpc) is 3.10. The van der Waals surface area contributed by atoms with Gasteiger partial charge in [-0.1, -0.05) is 12.1 Å². The number of aliphatic hydroxyl groups excluding tert-OH is 3. The summed E-state index contributed by atoms with van der Waals surface area (Å²) in [7, 11) is 0. The smallest absolute Gasteiger partial charge is 0.323 e. The Hall–Kier alpha value is -3.26. The molecule has 0 radical (unpaired) electrons. The summed E-state index contributed by atoms with van der Waals surface area (Å²) < 4.78 is 16.4. The van der Waals surface area contributed by atoms with Crippen molar-refractivity contribution in [3.05, 3.63) is 29.8 Å². The quantitative estimate of drug-likeness (QED) is 0.0560. The molecule has 0 saturated carbocycles. The second kappa shape index (κ2) is 24.8. The van der Waals surface area contributed by atoms with E-state index in [2.05, 4.69) is 0 Å². The summed E-state index contributed by atoms with van der Waals surface area (Å²) in [6, 6.07) is 2.97. The van der Waals surface area contributed by atoms with Gasteiger partial charge in [-0.25, -0.2) is 0 Å². The SMILES string of the molecule is CCOCCOCCOc1ccc(CCCC(C(=O)O)N2CCN(C(C=O)CO)CCN(C(CO)C(=O)O)CCN(C(CO)C(=O)O)CC2)cc1. The van der Waals surface area contributed by atoms with Gasteiger partial charge in [-0.2, -0.15) is 0 Å². The summed E-state index contributed by atoms with van der Waals surface area (Å²) in [5.41, 5.74) is 0.988. The number of hydrogen-bond acceptors (Lipinski definition) is 14. The Morgan fingerprint density at radius 1 is 0.667 bits per heavy atom. The molecule has 17 heteroatoms. The van der Waals surface area contributed by atoms with Gasteiger partial charge < -0.3 is 49.6 Å². The molecule has 1 aliphatic heterocycles. The molecule has 1 aromatic carbocycles. The standard InChI is InChI=1S/C34H56N4O13/c1-2-49-18-19-50-20-21-51-28-8-6-26(7-9-28)4-3-5-29(32(43)44)36-12-10-35(27(22-39)23-40)11-13-37(30(24-41)33(45)46)16-17-38(15-14-36)31(25-42)34(47)48/h6-9,22,27,29-31,40-42H,2-5,10-21,23-25H2,1H3,(H,43,44)(H,45,46)(H,47,48). The van der Waals surface area contributed by atoms with Crippen LogP contribution in [0.2, 0.25) is 0 Å². The monoisotopic (exact) mass is 728 g/mol. The third-order valence-corrected chi connectivity index (χ3v) is 8.97. The lowest BCUT2D eigenvalue weighted by Crippen LogP contribution is -2.57. The Morgan fingerprint density at radius 2 is 1.12 bits per heavy atom. The summed E-state index contributed by atoms with van der Waals surface area (Å²) in [6.07, 6.45) is 1.94. The first kappa shape index (κ1) is 43.9. The highest BCUT2D eigenvalue weighted by atomic mass is 16.5. The number of carbonyl (C=O) groups excluding carboxylic acids is 1. The van der Waals surface area contributed by atoms with Gasteiger partial charge in [0.05, 0.1) is 45.7 Å². The molecule has 2 rings (SSSR count). The van der Waals surface area contributed by atoms with Crippen molar-refractivity contribution in [2.75, 3.05) is 105 Å². The first-order chi connectivity index (χ1) is 24.6. The predicted molar refractivity (Wildman–Crippen MR) is 184 cm³/mol. The molecule has 0 aromatic heterocycles. The van der Waals surface area contributed by atoms with E-state index in [1.54, 1.807) is 9.80 Å².